The molecule has 26 heavy (non-hydrogen) atoms. The molecular formula is C20H19NO5. The third-order valence-corrected chi connectivity index (χ3v) is 4.05. The Morgan fingerprint density at radius 3 is 2.31 bits per heavy atom. The highest BCUT2D eigenvalue weighted by atomic mass is 16.6. The maximum Gasteiger partial charge on any atom is 0.302 e. The van der Waals surface area contributed by atoms with Crippen LogP contribution in [0.25, 0.3) is 0 Å². The fraction of sp³-hybridized carbons (Fsp3) is 0.250. The number of fused-ring (bicyclic) bond motifs is 2. The first kappa shape index (κ1) is 17.7. The van der Waals surface area contributed by atoms with Crippen LogP contribution < -0.4 is 10.1 Å². The molecule has 0 unspecified atom stereocenters. The van der Waals surface area contributed by atoms with Crippen LogP contribution >= 0.6 is 0 Å². The molecule has 0 saturated carbocycles. The zero-order valence-electron chi connectivity index (χ0n) is 14.6. The highest BCUT2D eigenvalue weighted by molar-refractivity contribution is 6.30. The molecule has 6 nitrogen and oxygen atoms in total. The van der Waals surface area contributed by atoms with Gasteiger partial charge >= 0.3 is 5.97 Å². The number of nitrogens with one attached hydrogen (secondary N) is 1. The van der Waals surface area contributed by atoms with Crippen LogP contribution in [0.15, 0.2) is 36.4 Å². The van der Waals surface area contributed by atoms with Crippen LogP contribution in [0, 0.1) is 0 Å². The Morgan fingerprint density at radius 2 is 1.65 bits per heavy atom. The fourth-order valence-electron chi connectivity index (χ4n) is 2.98. The summed E-state index contributed by atoms with van der Waals surface area (Å²) in [5.74, 6) is -0.334. The van der Waals surface area contributed by atoms with Gasteiger partial charge in [-0.3, -0.25) is 14.4 Å². The molecule has 0 radical (unpaired) electrons. The van der Waals surface area contributed by atoms with Crippen molar-refractivity contribution in [2.45, 2.75) is 13.8 Å². The van der Waals surface area contributed by atoms with Gasteiger partial charge in [-0.15, -0.1) is 0 Å². The molecule has 3 rings (SSSR count). The maximum atomic E-state index is 13.0. The molecule has 0 atom stereocenters. The standard InChI is InChI=1S/C20H19NO5/c1-3-21-18-16(26-11-10-25-12(2)22)9-8-15-17(18)20(24)14-7-5-4-6-13(14)19(15)23/h4-9,21H,3,10-11H2,1-2H3. The predicted molar refractivity (Wildman–Crippen MR) is 96.0 cm³/mol. The Kier molecular flexibility index (Phi) is 5.02. The van der Waals surface area contributed by atoms with E-state index in [0.717, 1.165) is 0 Å². The average molecular weight is 353 g/mol. The number of esters is 1. The zero-order chi connectivity index (χ0) is 18.7. The molecule has 1 aliphatic carbocycles. The molecule has 2 aromatic rings. The number of benzene rings is 2. The number of hydrogen-bond donors (Lipinski definition) is 1. The van der Waals surface area contributed by atoms with Gasteiger partial charge in [-0.05, 0) is 19.1 Å². The third-order valence-electron chi connectivity index (χ3n) is 4.05. The first-order chi connectivity index (χ1) is 12.5. The van der Waals surface area contributed by atoms with Crippen molar-refractivity contribution < 1.29 is 23.9 Å². The Bertz CT molecular complexity index is 888. The van der Waals surface area contributed by atoms with Gasteiger partial charge in [0.05, 0.1) is 11.3 Å². The van der Waals surface area contributed by atoms with E-state index in [-0.39, 0.29) is 30.7 Å². The quantitative estimate of drug-likeness (QED) is 0.542. The lowest BCUT2D eigenvalue weighted by Crippen LogP contribution is -2.23. The Morgan fingerprint density at radius 1 is 0.962 bits per heavy atom. The van der Waals surface area contributed by atoms with Crippen LogP contribution in [-0.4, -0.2) is 37.3 Å². The number of hydrogen-bond acceptors (Lipinski definition) is 6. The van der Waals surface area contributed by atoms with Crippen LogP contribution in [0.3, 0.4) is 0 Å². The topological polar surface area (TPSA) is 81.7 Å². The molecule has 0 fully saturated rings. The summed E-state index contributed by atoms with van der Waals surface area (Å²) in [6.07, 6.45) is 0. The first-order valence-electron chi connectivity index (χ1n) is 8.40. The van der Waals surface area contributed by atoms with Crippen molar-refractivity contribution in [3.8, 4) is 5.75 Å². The van der Waals surface area contributed by atoms with Gasteiger partial charge in [0.1, 0.15) is 19.0 Å². The van der Waals surface area contributed by atoms with Crippen molar-refractivity contribution in [3.63, 3.8) is 0 Å². The number of rotatable bonds is 6. The SMILES string of the molecule is CCNc1c(OCCOC(C)=O)ccc2c1C(=O)c1ccccc1C2=O. The predicted octanol–water partition coefficient (Wildman–Crippen LogP) is 2.84. The molecule has 0 amide bonds. The van der Waals surface area contributed by atoms with Crippen molar-refractivity contribution in [2.24, 2.45) is 0 Å². The summed E-state index contributed by atoms with van der Waals surface area (Å²) in [4.78, 5) is 36.6. The van der Waals surface area contributed by atoms with Crippen molar-refractivity contribution in [1.29, 1.82) is 0 Å². The van der Waals surface area contributed by atoms with Gasteiger partial charge in [0, 0.05) is 30.2 Å². The van der Waals surface area contributed by atoms with E-state index >= 15 is 0 Å². The van der Waals surface area contributed by atoms with Crippen LogP contribution in [-0.2, 0) is 9.53 Å². The minimum absolute atomic E-state index is 0.105. The van der Waals surface area contributed by atoms with Gasteiger partial charge in [-0.25, -0.2) is 0 Å². The van der Waals surface area contributed by atoms with E-state index in [1.165, 1.54) is 6.92 Å². The minimum Gasteiger partial charge on any atom is -0.488 e. The summed E-state index contributed by atoms with van der Waals surface area (Å²) in [6.45, 7) is 4.03. The van der Waals surface area contributed by atoms with Gasteiger partial charge < -0.3 is 14.8 Å². The highest BCUT2D eigenvalue weighted by Crippen LogP contribution is 2.37. The lowest BCUT2D eigenvalue weighted by atomic mass is 9.83. The summed E-state index contributed by atoms with van der Waals surface area (Å²) < 4.78 is 10.5. The van der Waals surface area contributed by atoms with Crippen molar-refractivity contribution in [3.05, 3.63) is 58.7 Å². The number of carbonyl (C=O) groups is 3. The van der Waals surface area contributed by atoms with E-state index < -0.39 is 0 Å². The van der Waals surface area contributed by atoms with E-state index in [9.17, 15) is 14.4 Å². The fourth-order valence-corrected chi connectivity index (χ4v) is 2.98. The Labute approximate surface area is 151 Å². The molecule has 2 aromatic carbocycles. The Balaban J connectivity index is 1.99. The Hall–Kier alpha value is -3.15. The van der Waals surface area contributed by atoms with Crippen LogP contribution in [0.2, 0.25) is 0 Å². The highest BCUT2D eigenvalue weighted by Gasteiger charge is 2.32. The molecule has 134 valence electrons. The van der Waals surface area contributed by atoms with Crippen molar-refractivity contribution in [2.75, 3.05) is 25.1 Å². The van der Waals surface area contributed by atoms with Gasteiger partial charge in [-0.1, -0.05) is 24.3 Å². The van der Waals surface area contributed by atoms with Crippen molar-refractivity contribution >= 4 is 23.2 Å². The molecule has 0 aliphatic heterocycles. The van der Waals surface area contributed by atoms with E-state index in [1.54, 1.807) is 36.4 Å². The summed E-state index contributed by atoms with van der Waals surface area (Å²) >= 11 is 0. The van der Waals surface area contributed by atoms with Crippen LogP contribution in [0.5, 0.6) is 5.75 Å². The van der Waals surface area contributed by atoms with Crippen LogP contribution in [0.4, 0.5) is 5.69 Å². The largest absolute Gasteiger partial charge is 0.488 e. The smallest absolute Gasteiger partial charge is 0.302 e. The molecule has 0 aromatic heterocycles. The van der Waals surface area contributed by atoms with E-state index in [4.69, 9.17) is 9.47 Å². The summed E-state index contributed by atoms with van der Waals surface area (Å²) in [5, 5.41) is 3.13. The van der Waals surface area contributed by atoms with E-state index in [1.807, 2.05) is 6.92 Å². The van der Waals surface area contributed by atoms with Gasteiger partial charge in [-0.2, -0.15) is 0 Å². The van der Waals surface area contributed by atoms with Gasteiger partial charge in [0.15, 0.2) is 11.6 Å². The molecule has 0 saturated heterocycles. The minimum atomic E-state index is -0.386. The monoisotopic (exact) mass is 353 g/mol. The second-order valence-electron chi connectivity index (χ2n) is 5.78. The van der Waals surface area contributed by atoms with E-state index in [2.05, 4.69) is 5.32 Å². The van der Waals surface area contributed by atoms with Crippen LogP contribution in [0.1, 0.15) is 45.7 Å². The maximum absolute atomic E-state index is 13.0. The lowest BCUT2D eigenvalue weighted by molar-refractivity contribution is -0.141. The summed E-state index contributed by atoms with van der Waals surface area (Å²) in [7, 11) is 0. The average Bonchev–Trinajstić information content (AvgIpc) is 2.64. The second-order valence-corrected chi connectivity index (χ2v) is 5.78. The van der Waals surface area contributed by atoms with Crippen molar-refractivity contribution in [1.82, 2.24) is 0 Å². The third kappa shape index (κ3) is 3.18. The second kappa shape index (κ2) is 7.39. The molecule has 0 bridgehead atoms. The van der Waals surface area contributed by atoms with E-state index in [0.29, 0.717) is 40.2 Å². The first-order valence-corrected chi connectivity index (χ1v) is 8.40. The molecular weight excluding hydrogens is 334 g/mol. The lowest BCUT2D eigenvalue weighted by Gasteiger charge is -2.22. The summed E-state index contributed by atoms with van der Waals surface area (Å²) in [5.41, 5.74) is 1.97. The zero-order valence-corrected chi connectivity index (χ0v) is 14.6. The molecule has 0 spiro atoms. The number of anilines is 1. The molecule has 1 aliphatic rings. The molecule has 1 N–H and O–H groups in total. The molecule has 0 heterocycles. The van der Waals surface area contributed by atoms with Gasteiger partial charge in [0.2, 0.25) is 0 Å². The number of ether oxygens (including phenoxy) is 2. The van der Waals surface area contributed by atoms with Gasteiger partial charge in [0.25, 0.3) is 0 Å². The molecule has 6 heteroatoms. The summed E-state index contributed by atoms with van der Waals surface area (Å²) in [6, 6.07) is 10.1. The normalized spacial score (nSPS) is 12.2. The number of carbonyl (C=O) groups excluding carboxylic acids is 3. The number of ketones is 2.